The summed E-state index contributed by atoms with van der Waals surface area (Å²) in [6.07, 6.45) is -3.83. The van der Waals surface area contributed by atoms with Gasteiger partial charge in [-0.3, -0.25) is 4.57 Å². The van der Waals surface area contributed by atoms with Gasteiger partial charge in [-0.1, -0.05) is 5.92 Å². The van der Waals surface area contributed by atoms with Crippen molar-refractivity contribution in [3.63, 3.8) is 0 Å². The molecule has 2 aromatic heterocycles. The van der Waals surface area contributed by atoms with Gasteiger partial charge in [0.2, 0.25) is 11.4 Å². The summed E-state index contributed by atoms with van der Waals surface area (Å²) >= 11 is 0. The number of fused-ring (bicyclic) bond motifs is 1. The van der Waals surface area contributed by atoms with Crippen LogP contribution in [0.25, 0.3) is 11.2 Å². The van der Waals surface area contributed by atoms with Gasteiger partial charge in [0.25, 0.3) is 0 Å². The highest BCUT2D eigenvalue weighted by Gasteiger charge is 2.60. The molecule has 12 heteroatoms. The maximum Gasteiger partial charge on any atom is 0.341 e. The molecule has 2 aromatic rings. The highest BCUT2D eigenvalue weighted by Crippen LogP contribution is 2.38. The molecule has 26 heavy (non-hydrogen) atoms. The quantitative estimate of drug-likeness (QED) is 0.300. The molecule has 3 rings (SSSR count). The summed E-state index contributed by atoms with van der Waals surface area (Å²) in [5, 5.41) is 47.8. The predicted octanol–water partition coefficient (Wildman–Crippen LogP) is -3.18. The summed E-state index contributed by atoms with van der Waals surface area (Å²) in [5.41, 5.74) is 3.59. The van der Waals surface area contributed by atoms with E-state index < -0.39 is 43.2 Å². The molecule has 0 radical (unpaired) electrons. The topological polar surface area (TPSA) is 197 Å². The van der Waals surface area contributed by atoms with Crippen LogP contribution in [0.15, 0.2) is 6.33 Å². The number of nitrogen functional groups attached to an aromatic ring is 1. The molecule has 1 saturated heterocycles. The van der Waals surface area contributed by atoms with E-state index in [1.54, 1.807) is 0 Å². The molecule has 0 aliphatic carbocycles. The normalized spacial score (nSPS) is 28.1. The summed E-state index contributed by atoms with van der Waals surface area (Å²) < 4.78 is 6.45. The lowest BCUT2D eigenvalue weighted by molar-refractivity contribution is -0.183. The Morgan fingerprint density at radius 2 is 2.12 bits per heavy atom. The average molecular weight is 365 g/mol. The molecule has 0 aromatic carbocycles. The maximum atomic E-state index is 11.4. The predicted molar refractivity (Wildman–Crippen MR) is 83.3 cm³/mol. The number of anilines is 1. The maximum absolute atomic E-state index is 11.4. The summed E-state index contributed by atoms with van der Waals surface area (Å²) in [6.45, 7) is -1.48. The summed E-state index contributed by atoms with van der Waals surface area (Å²) in [6, 6.07) is 0. The van der Waals surface area contributed by atoms with E-state index in [9.17, 15) is 25.2 Å². The van der Waals surface area contributed by atoms with Crippen LogP contribution in [0, 0.1) is 11.8 Å². The van der Waals surface area contributed by atoms with Gasteiger partial charge >= 0.3 is 5.97 Å². The number of nitrogens with two attached hydrogens (primary N) is 1. The summed E-state index contributed by atoms with van der Waals surface area (Å²) in [4.78, 5) is 23.4. The number of aliphatic hydroxyl groups is 4. The molecule has 0 amide bonds. The number of carboxylic acid groups (broad SMARTS) is 1. The standard InChI is InChI=1S/C14H15N5O7/c15-10-7-11(18-6(17-10)2-1-3-20)19(5-16-7)12-8(22)9(23)14(4-21,26-12)13(24)25/h5,8-9,12,20-23H,3-4H2,(H,24,25)(H2,15,17,18)/t8-,9+,12-,14-/m1/s1. The van der Waals surface area contributed by atoms with Crippen LogP contribution in [0.4, 0.5) is 5.82 Å². The minimum Gasteiger partial charge on any atom is -0.479 e. The minimum absolute atomic E-state index is 0.0318. The van der Waals surface area contributed by atoms with Crippen LogP contribution in [0.3, 0.4) is 0 Å². The number of imidazole rings is 1. The van der Waals surface area contributed by atoms with Crippen molar-refractivity contribution in [2.24, 2.45) is 0 Å². The van der Waals surface area contributed by atoms with Crippen LogP contribution < -0.4 is 5.73 Å². The van der Waals surface area contributed by atoms with E-state index in [4.69, 9.17) is 15.6 Å². The lowest BCUT2D eigenvalue weighted by Gasteiger charge is -2.24. The lowest BCUT2D eigenvalue weighted by atomic mass is 9.96. The van der Waals surface area contributed by atoms with Crippen LogP contribution in [0.1, 0.15) is 12.1 Å². The first-order valence-electron chi connectivity index (χ1n) is 7.33. The Balaban J connectivity index is 2.11. The van der Waals surface area contributed by atoms with Crippen molar-refractivity contribution in [1.82, 2.24) is 19.5 Å². The van der Waals surface area contributed by atoms with Crippen molar-refractivity contribution in [2.75, 3.05) is 18.9 Å². The van der Waals surface area contributed by atoms with Gasteiger partial charge in [-0.25, -0.2) is 19.7 Å². The molecule has 4 atom stereocenters. The Labute approximate surface area is 145 Å². The molecule has 1 fully saturated rings. The van der Waals surface area contributed by atoms with Gasteiger partial charge in [0, 0.05) is 0 Å². The van der Waals surface area contributed by atoms with E-state index in [1.165, 1.54) is 6.33 Å². The Hall–Kier alpha value is -2.82. The van der Waals surface area contributed by atoms with E-state index in [2.05, 4.69) is 26.8 Å². The number of carbonyl (C=O) groups is 1. The van der Waals surface area contributed by atoms with Gasteiger partial charge in [-0.05, 0) is 5.92 Å². The Morgan fingerprint density at radius 1 is 1.38 bits per heavy atom. The second-order valence-corrected chi connectivity index (χ2v) is 5.51. The second-order valence-electron chi connectivity index (χ2n) is 5.51. The van der Waals surface area contributed by atoms with Gasteiger partial charge in [0.15, 0.2) is 17.7 Å². The van der Waals surface area contributed by atoms with Crippen LogP contribution >= 0.6 is 0 Å². The third kappa shape index (κ3) is 2.55. The van der Waals surface area contributed by atoms with Crippen molar-refractivity contribution < 1.29 is 35.1 Å². The number of aromatic nitrogens is 4. The number of nitrogens with zero attached hydrogens (tertiary/aromatic N) is 4. The molecular formula is C14H15N5O7. The van der Waals surface area contributed by atoms with Crippen molar-refractivity contribution in [3.05, 3.63) is 12.2 Å². The first-order chi connectivity index (χ1) is 12.4. The Morgan fingerprint density at radius 3 is 2.69 bits per heavy atom. The largest absolute Gasteiger partial charge is 0.479 e. The Bertz CT molecular complexity index is 920. The third-order valence-electron chi connectivity index (χ3n) is 4.02. The first-order valence-corrected chi connectivity index (χ1v) is 7.33. The SMILES string of the molecule is Nc1nc(C#CCO)nc2c1ncn2[C@@H]1O[C@@](CO)(C(=O)O)[C@@H](O)[C@H]1O. The molecule has 0 saturated carbocycles. The van der Waals surface area contributed by atoms with Crippen molar-refractivity contribution >= 4 is 23.0 Å². The molecule has 138 valence electrons. The van der Waals surface area contributed by atoms with Gasteiger partial charge in [0.1, 0.15) is 24.3 Å². The smallest absolute Gasteiger partial charge is 0.341 e. The molecule has 0 spiro atoms. The first kappa shape index (κ1) is 18.0. The number of rotatable bonds is 3. The number of aliphatic hydroxyl groups excluding tert-OH is 4. The fourth-order valence-corrected chi connectivity index (χ4v) is 2.68. The average Bonchev–Trinajstić information content (AvgIpc) is 3.14. The number of carboxylic acids is 1. The van der Waals surface area contributed by atoms with E-state index in [0.29, 0.717) is 0 Å². The van der Waals surface area contributed by atoms with E-state index in [0.717, 1.165) is 4.57 Å². The van der Waals surface area contributed by atoms with Gasteiger partial charge in [-0.2, -0.15) is 0 Å². The zero-order valence-corrected chi connectivity index (χ0v) is 13.1. The highest BCUT2D eigenvalue weighted by atomic mass is 16.6. The molecular weight excluding hydrogens is 350 g/mol. The van der Waals surface area contributed by atoms with Crippen molar-refractivity contribution in [1.29, 1.82) is 0 Å². The van der Waals surface area contributed by atoms with Gasteiger partial charge < -0.3 is 36.0 Å². The van der Waals surface area contributed by atoms with Crippen LogP contribution in [0.5, 0.6) is 0 Å². The molecule has 0 unspecified atom stereocenters. The Kier molecular flexibility index (Phi) is 4.48. The van der Waals surface area contributed by atoms with Gasteiger partial charge in [-0.15, -0.1) is 0 Å². The molecule has 12 nitrogen and oxygen atoms in total. The number of hydrogen-bond acceptors (Lipinski definition) is 10. The van der Waals surface area contributed by atoms with Crippen LogP contribution in [0.2, 0.25) is 0 Å². The van der Waals surface area contributed by atoms with Crippen LogP contribution in [-0.4, -0.2) is 82.0 Å². The zero-order valence-electron chi connectivity index (χ0n) is 13.1. The van der Waals surface area contributed by atoms with Crippen LogP contribution in [-0.2, 0) is 9.53 Å². The molecule has 1 aliphatic rings. The summed E-state index contributed by atoms with van der Waals surface area (Å²) in [7, 11) is 0. The van der Waals surface area contributed by atoms with Crippen molar-refractivity contribution in [3.8, 4) is 11.8 Å². The molecule has 3 heterocycles. The van der Waals surface area contributed by atoms with Crippen molar-refractivity contribution in [2.45, 2.75) is 24.0 Å². The van der Waals surface area contributed by atoms with E-state index >= 15 is 0 Å². The summed E-state index contributed by atoms with van der Waals surface area (Å²) in [5.74, 6) is 3.12. The van der Waals surface area contributed by atoms with Gasteiger partial charge in [0.05, 0.1) is 12.9 Å². The van der Waals surface area contributed by atoms with E-state index in [-0.39, 0.29) is 22.8 Å². The lowest BCUT2D eigenvalue weighted by Crippen LogP contribution is -2.52. The number of ether oxygens (including phenoxy) is 1. The fourth-order valence-electron chi connectivity index (χ4n) is 2.68. The third-order valence-corrected chi connectivity index (χ3v) is 4.02. The minimum atomic E-state index is -2.40. The monoisotopic (exact) mass is 365 g/mol. The fraction of sp³-hybridized carbons (Fsp3) is 0.429. The molecule has 7 N–H and O–H groups in total. The zero-order chi connectivity index (χ0) is 19.1. The molecule has 1 aliphatic heterocycles. The molecule has 0 bridgehead atoms. The van der Waals surface area contributed by atoms with E-state index in [1.807, 2.05) is 0 Å². The number of aliphatic carboxylic acids is 1. The second kappa shape index (κ2) is 6.48. The number of hydrogen-bond donors (Lipinski definition) is 6. The highest BCUT2D eigenvalue weighted by molar-refractivity contribution is 5.82.